The highest BCUT2D eigenvalue weighted by atomic mass is 16.5. The van der Waals surface area contributed by atoms with Gasteiger partial charge in [0.2, 0.25) is 5.91 Å². The molecule has 1 saturated heterocycles. The molecule has 32 heavy (non-hydrogen) atoms. The normalized spacial score (nSPS) is 13.9. The molecule has 1 aliphatic rings. The number of nitrogens with zero attached hydrogens (tertiary/aromatic N) is 3. The minimum Gasteiger partial charge on any atom is -0.456 e. The summed E-state index contributed by atoms with van der Waals surface area (Å²) in [6.45, 7) is 2.99. The number of carbonyl (C=O) groups is 2. The van der Waals surface area contributed by atoms with Gasteiger partial charge >= 0.3 is 6.03 Å². The molecule has 0 spiro atoms. The summed E-state index contributed by atoms with van der Waals surface area (Å²) in [5.41, 5.74) is 2.56. The van der Waals surface area contributed by atoms with Crippen LogP contribution in [0, 0.1) is 12.8 Å². The molecule has 164 valence electrons. The van der Waals surface area contributed by atoms with Crippen molar-refractivity contribution >= 4 is 17.8 Å². The molecule has 0 atom stereocenters. The summed E-state index contributed by atoms with van der Waals surface area (Å²) in [5, 5.41) is 4.90. The summed E-state index contributed by atoms with van der Waals surface area (Å²) >= 11 is 0. The van der Waals surface area contributed by atoms with Crippen molar-refractivity contribution in [2.75, 3.05) is 18.5 Å². The standard InChI is InChI=1S/C23H23N5O4/c1-15-2-3-17(13-25-15)20-12-18(6-9-24-20)32-19-4-5-21(26-14-19)27-23(30)28-22(29)16-7-10-31-11-8-16/h2-6,9,12-14,16H,7-8,10-11H2,1H3,(H2,26,27,28,29,30). The van der Waals surface area contributed by atoms with Crippen LogP contribution < -0.4 is 15.4 Å². The smallest absolute Gasteiger partial charge is 0.327 e. The van der Waals surface area contributed by atoms with E-state index in [1.807, 2.05) is 25.1 Å². The number of nitrogens with one attached hydrogen (secondary N) is 2. The minimum absolute atomic E-state index is 0.209. The van der Waals surface area contributed by atoms with Crippen molar-refractivity contribution in [3.8, 4) is 22.8 Å². The fraction of sp³-hybridized carbons (Fsp3) is 0.261. The first-order valence-electron chi connectivity index (χ1n) is 10.3. The molecule has 2 N–H and O–H groups in total. The molecular weight excluding hydrogens is 410 g/mol. The van der Waals surface area contributed by atoms with Gasteiger partial charge in [-0.05, 0) is 50.1 Å². The highest BCUT2D eigenvalue weighted by Gasteiger charge is 2.23. The predicted molar refractivity (Wildman–Crippen MR) is 117 cm³/mol. The van der Waals surface area contributed by atoms with Gasteiger partial charge in [0.1, 0.15) is 17.3 Å². The Bertz CT molecular complexity index is 1080. The van der Waals surface area contributed by atoms with Crippen LogP contribution in [0.1, 0.15) is 18.5 Å². The van der Waals surface area contributed by atoms with E-state index < -0.39 is 6.03 Å². The maximum Gasteiger partial charge on any atom is 0.327 e. The van der Waals surface area contributed by atoms with Crippen LogP contribution in [0.15, 0.2) is 55.0 Å². The number of imide groups is 1. The lowest BCUT2D eigenvalue weighted by atomic mass is 10.00. The van der Waals surface area contributed by atoms with Crippen molar-refractivity contribution in [3.05, 3.63) is 60.7 Å². The van der Waals surface area contributed by atoms with E-state index in [-0.39, 0.29) is 11.8 Å². The van der Waals surface area contributed by atoms with Crippen LogP contribution in [0.25, 0.3) is 11.3 Å². The lowest BCUT2D eigenvalue weighted by Gasteiger charge is -2.20. The van der Waals surface area contributed by atoms with Crippen LogP contribution >= 0.6 is 0 Å². The maximum atomic E-state index is 12.1. The Morgan fingerprint density at radius 1 is 1.00 bits per heavy atom. The van der Waals surface area contributed by atoms with Gasteiger partial charge in [0.25, 0.3) is 0 Å². The van der Waals surface area contributed by atoms with Gasteiger partial charge in [0.05, 0.1) is 11.9 Å². The fourth-order valence-corrected chi connectivity index (χ4v) is 3.22. The molecule has 1 fully saturated rings. The molecule has 0 saturated carbocycles. The second-order valence-corrected chi connectivity index (χ2v) is 7.38. The summed E-state index contributed by atoms with van der Waals surface area (Å²) in [6, 6.07) is 10.1. The molecule has 3 aromatic heterocycles. The second-order valence-electron chi connectivity index (χ2n) is 7.38. The van der Waals surface area contributed by atoms with Gasteiger partial charge in [-0.25, -0.2) is 9.78 Å². The average Bonchev–Trinajstić information content (AvgIpc) is 2.81. The summed E-state index contributed by atoms with van der Waals surface area (Å²) in [5.74, 6) is 0.879. The molecular formula is C23H23N5O4. The van der Waals surface area contributed by atoms with Crippen LogP contribution in [0.2, 0.25) is 0 Å². The van der Waals surface area contributed by atoms with E-state index >= 15 is 0 Å². The zero-order valence-electron chi connectivity index (χ0n) is 17.6. The quantitative estimate of drug-likeness (QED) is 0.630. The van der Waals surface area contributed by atoms with Crippen LogP contribution in [0.3, 0.4) is 0 Å². The van der Waals surface area contributed by atoms with Crippen molar-refractivity contribution < 1.29 is 19.1 Å². The molecule has 9 nitrogen and oxygen atoms in total. The van der Waals surface area contributed by atoms with Gasteiger partial charge in [-0.3, -0.25) is 25.4 Å². The van der Waals surface area contributed by atoms with Crippen molar-refractivity contribution in [2.45, 2.75) is 19.8 Å². The molecule has 4 rings (SSSR count). The second kappa shape index (κ2) is 9.97. The first kappa shape index (κ1) is 21.4. The number of carbonyl (C=O) groups excluding carboxylic acids is 2. The maximum absolute atomic E-state index is 12.1. The van der Waals surface area contributed by atoms with E-state index in [0.717, 1.165) is 17.0 Å². The number of aromatic nitrogens is 3. The van der Waals surface area contributed by atoms with Gasteiger partial charge in [-0.2, -0.15) is 0 Å². The monoisotopic (exact) mass is 433 g/mol. The molecule has 0 bridgehead atoms. The molecule has 0 aliphatic carbocycles. The van der Waals surface area contributed by atoms with Gasteiger partial charge in [-0.15, -0.1) is 0 Å². The fourth-order valence-electron chi connectivity index (χ4n) is 3.22. The summed E-state index contributed by atoms with van der Waals surface area (Å²) < 4.78 is 11.1. The van der Waals surface area contributed by atoms with Crippen LogP contribution in [-0.4, -0.2) is 40.1 Å². The molecule has 0 unspecified atom stereocenters. The molecule has 3 amide bonds. The number of anilines is 1. The zero-order chi connectivity index (χ0) is 22.3. The third-order valence-electron chi connectivity index (χ3n) is 4.98. The van der Waals surface area contributed by atoms with Crippen molar-refractivity contribution in [1.29, 1.82) is 0 Å². The molecule has 0 radical (unpaired) electrons. The SMILES string of the molecule is Cc1ccc(-c2cc(Oc3ccc(NC(=O)NC(=O)C4CCOCC4)nc3)ccn2)cn1. The first-order valence-corrected chi connectivity index (χ1v) is 10.3. The lowest BCUT2D eigenvalue weighted by Crippen LogP contribution is -2.40. The summed E-state index contributed by atoms with van der Waals surface area (Å²) in [6.07, 6.45) is 6.14. The van der Waals surface area contributed by atoms with Crippen LogP contribution in [0.4, 0.5) is 10.6 Å². The number of hydrogen-bond donors (Lipinski definition) is 2. The Labute approximate surface area is 185 Å². The summed E-state index contributed by atoms with van der Waals surface area (Å²) in [7, 11) is 0. The van der Waals surface area contributed by atoms with Gasteiger partial charge in [0.15, 0.2) is 0 Å². The number of urea groups is 1. The highest BCUT2D eigenvalue weighted by molar-refractivity contribution is 6.01. The number of pyridine rings is 3. The third-order valence-corrected chi connectivity index (χ3v) is 4.98. The molecule has 9 heteroatoms. The molecule has 1 aliphatic heterocycles. The Morgan fingerprint density at radius 2 is 1.84 bits per heavy atom. The molecule has 4 heterocycles. The van der Waals surface area contributed by atoms with E-state index in [2.05, 4.69) is 25.6 Å². The highest BCUT2D eigenvalue weighted by Crippen LogP contribution is 2.25. The van der Waals surface area contributed by atoms with Crippen LogP contribution in [0.5, 0.6) is 11.5 Å². The lowest BCUT2D eigenvalue weighted by molar-refractivity contribution is -0.126. The molecule has 3 aromatic rings. The van der Waals surface area contributed by atoms with Crippen molar-refractivity contribution in [3.63, 3.8) is 0 Å². The van der Waals surface area contributed by atoms with Crippen molar-refractivity contribution in [2.24, 2.45) is 5.92 Å². The number of ether oxygens (including phenoxy) is 2. The van der Waals surface area contributed by atoms with Gasteiger partial charge in [-0.1, -0.05) is 0 Å². The van der Waals surface area contributed by atoms with Gasteiger partial charge in [0, 0.05) is 48.8 Å². The topological polar surface area (TPSA) is 115 Å². The third kappa shape index (κ3) is 5.64. The van der Waals surface area contributed by atoms with E-state index in [1.54, 1.807) is 30.6 Å². The van der Waals surface area contributed by atoms with E-state index in [0.29, 0.717) is 43.4 Å². The zero-order valence-corrected chi connectivity index (χ0v) is 17.6. The van der Waals surface area contributed by atoms with E-state index in [4.69, 9.17) is 9.47 Å². The minimum atomic E-state index is -0.617. The summed E-state index contributed by atoms with van der Waals surface area (Å²) in [4.78, 5) is 37.0. The first-order chi connectivity index (χ1) is 15.6. The number of aryl methyl sites for hydroxylation is 1. The van der Waals surface area contributed by atoms with Crippen LogP contribution in [-0.2, 0) is 9.53 Å². The number of rotatable bonds is 5. The Morgan fingerprint density at radius 3 is 2.56 bits per heavy atom. The van der Waals surface area contributed by atoms with Gasteiger partial charge < -0.3 is 9.47 Å². The van der Waals surface area contributed by atoms with E-state index in [1.165, 1.54) is 6.20 Å². The Hall–Kier alpha value is -3.85. The van der Waals surface area contributed by atoms with E-state index in [9.17, 15) is 9.59 Å². The Kier molecular flexibility index (Phi) is 6.66. The number of hydrogen-bond acceptors (Lipinski definition) is 7. The largest absolute Gasteiger partial charge is 0.456 e. The molecule has 0 aromatic carbocycles. The average molecular weight is 433 g/mol. The Balaban J connectivity index is 1.33. The number of amides is 3. The van der Waals surface area contributed by atoms with Crippen molar-refractivity contribution in [1.82, 2.24) is 20.3 Å². The predicted octanol–water partition coefficient (Wildman–Crippen LogP) is 3.71.